The highest BCUT2D eigenvalue weighted by Crippen LogP contribution is 2.21. The monoisotopic (exact) mass is 292 g/mol. The number of aliphatic carboxylic acids is 1. The summed E-state index contributed by atoms with van der Waals surface area (Å²) in [5.74, 6) is -0.751. The fourth-order valence-electron chi connectivity index (χ4n) is 2.01. The zero-order valence-corrected chi connectivity index (χ0v) is 11.7. The Morgan fingerprint density at radius 2 is 2.29 bits per heavy atom. The van der Waals surface area contributed by atoms with E-state index in [0.717, 1.165) is 0 Å². The predicted molar refractivity (Wildman–Crippen MR) is 77.2 cm³/mol. The van der Waals surface area contributed by atoms with Gasteiger partial charge in [-0.05, 0) is 12.0 Å². The minimum Gasteiger partial charge on any atom is -0.480 e. The number of nitrogens with zero attached hydrogens (tertiary/aromatic N) is 2. The number of hydrogen-bond donors (Lipinski definition) is 3. The summed E-state index contributed by atoms with van der Waals surface area (Å²) in [6, 6.07) is 3.47. The van der Waals surface area contributed by atoms with E-state index in [-0.39, 0.29) is 17.6 Å². The summed E-state index contributed by atoms with van der Waals surface area (Å²) in [5.41, 5.74) is 0.978. The molecule has 0 saturated heterocycles. The maximum Gasteiger partial charge on any atom is 0.326 e. The fourth-order valence-corrected chi connectivity index (χ4v) is 2.01. The molecule has 2 aromatic rings. The Labute approximate surface area is 120 Å². The van der Waals surface area contributed by atoms with Gasteiger partial charge >= 0.3 is 5.97 Å². The van der Waals surface area contributed by atoms with Crippen LogP contribution < -0.4 is 5.32 Å². The number of imidazole rings is 1. The second-order valence-corrected chi connectivity index (χ2v) is 4.89. The molecular weight excluding hydrogens is 276 g/mol. The average Bonchev–Trinajstić information content (AvgIpc) is 2.84. The number of aromatic nitrogens is 2. The third-order valence-electron chi connectivity index (χ3n) is 3.45. The molecule has 2 atom stereocenters. The number of fused-ring (bicyclic) bond motifs is 1. The Morgan fingerprint density at radius 3 is 2.86 bits per heavy atom. The molecule has 8 heteroatoms. The molecule has 0 saturated carbocycles. The van der Waals surface area contributed by atoms with Crippen LogP contribution in [-0.4, -0.2) is 32.0 Å². The number of non-ortho nitro benzene ring substituents is 1. The molecule has 0 aliphatic heterocycles. The number of carboxylic acids is 1. The van der Waals surface area contributed by atoms with Crippen LogP contribution in [0.4, 0.5) is 11.6 Å². The third-order valence-corrected chi connectivity index (χ3v) is 3.45. The van der Waals surface area contributed by atoms with Gasteiger partial charge in [0.2, 0.25) is 5.95 Å². The molecule has 0 unspecified atom stereocenters. The standard InChI is InChI=1S/C13H16N4O4/c1-3-7(2)11(12(18)19)16-13-14-9-5-4-8(17(20)21)6-10(9)15-13/h4-7,11H,3H2,1-2H3,(H,18,19)(H2,14,15,16)/t7-,11-/m0/s1. The molecule has 3 N–H and O–H groups in total. The molecule has 0 aliphatic carbocycles. The van der Waals surface area contributed by atoms with Crippen molar-refractivity contribution in [2.75, 3.05) is 5.32 Å². The molecule has 0 aliphatic rings. The van der Waals surface area contributed by atoms with Crippen molar-refractivity contribution in [2.45, 2.75) is 26.3 Å². The van der Waals surface area contributed by atoms with Crippen molar-refractivity contribution in [2.24, 2.45) is 5.92 Å². The van der Waals surface area contributed by atoms with Gasteiger partial charge in [-0.15, -0.1) is 0 Å². The van der Waals surface area contributed by atoms with Crippen molar-refractivity contribution in [3.05, 3.63) is 28.3 Å². The van der Waals surface area contributed by atoms with Gasteiger partial charge in [-0.1, -0.05) is 20.3 Å². The molecule has 0 bridgehead atoms. The first kappa shape index (κ1) is 14.8. The molecule has 8 nitrogen and oxygen atoms in total. The molecule has 1 aromatic heterocycles. The van der Waals surface area contributed by atoms with Crippen molar-refractivity contribution in [1.82, 2.24) is 9.97 Å². The number of nitro groups is 1. The summed E-state index contributed by atoms with van der Waals surface area (Å²) in [4.78, 5) is 28.6. The number of carboxylic acid groups (broad SMARTS) is 1. The summed E-state index contributed by atoms with van der Waals surface area (Å²) in [5, 5.41) is 22.8. The second kappa shape index (κ2) is 5.78. The van der Waals surface area contributed by atoms with Gasteiger partial charge in [0.1, 0.15) is 6.04 Å². The van der Waals surface area contributed by atoms with E-state index in [0.29, 0.717) is 17.5 Å². The molecule has 0 amide bonds. The molecular formula is C13H16N4O4. The van der Waals surface area contributed by atoms with Crippen LogP contribution >= 0.6 is 0 Å². The lowest BCUT2D eigenvalue weighted by Gasteiger charge is -2.19. The van der Waals surface area contributed by atoms with E-state index in [1.807, 2.05) is 13.8 Å². The number of nitrogens with one attached hydrogen (secondary N) is 2. The average molecular weight is 292 g/mol. The van der Waals surface area contributed by atoms with E-state index in [2.05, 4.69) is 15.3 Å². The third kappa shape index (κ3) is 3.10. The Hall–Kier alpha value is -2.64. The van der Waals surface area contributed by atoms with Gasteiger partial charge in [0, 0.05) is 12.1 Å². The molecule has 1 heterocycles. The van der Waals surface area contributed by atoms with Gasteiger partial charge in [-0.3, -0.25) is 10.1 Å². The van der Waals surface area contributed by atoms with Crippen LogP contribution in [0.2, 0.25) is 0 Å². The molecule has 2 rings (SSSR count). The van der Waals surface area contributed by atoms with Crippen LogP contribution in [0.3, 0.4) is 0 Å². The number of rotatable bonds is 6. The van der Waals surface area contributed by atoms with Gasteiger partial charge < -0.3 is 15.4 Å². The number of aromatic amines is 1. The quantitative estimate of drug-likeness (QED) is 0.555. The zero-order valence-electron chi connectivity index (χ0n) is 11.7. The van der Waals surface area contributed by atoms with Gasteiger partial charge in [0.25, 0.3) is 5.69 Å². The molecule has 0 fully saturated rings. The summed E-state index contributed by atoms with van der Waals surface area (Å²) in [7, 11) is 0. The number of hydrogen-bond acceptors (Lipinski definition) is 5. The summed E-state index contributed by atoms with van der Waals surface area (Å²) < 4.78 is 0. The molecule has 1 aromatic carbocycles. The number of nitro benzene ring substituents is 1. The lowest BCUT2D eigenvalue weighted by Crippen LogP contribution is -2.35. The topological polar surface area (TPSA) is 121 Å². The highest BCUT2D eigenvalue weighted by atomic mass is 16.6. The minimum absolute atomic E-state index is 0.0468. The van der Waals surface area contributed by atoms with Crippen molar-refractivity contribution >= 4 is 28.6 Å². The second-order valence-electron chi connectivity index (χ2n) is 4.89. The highest BCUT2D eigenvalue weighted by molar-refractivity contribution is 5.82. The van der Waals surface area contributed by atoms with E-state index < -0.39 is 16.9 Å². The minimum atomic E-state index is -0.962. The van der Waals surface area contributed by atoms with Gasteiger partial charge in [0.05, 0.1) is 16.0 Å². The van der Waals surface area contributed by atoms with E-state index in [1.165, 1.54) is 18.2 Å². The van der Waals surface area contributed by atoms with Crippen LogP contribution in [-0.2, 0) is 4.79 Å². The van der Waals surface area contributed by atoms with Crippen molar-refractivity contribution in [3.8, 4) is 0 Å². The van der Waals surface area contributed by atoms with Gasteiger partial charge in [-0.2, -0.15) is 0 Å². The van der Waals surface area contributed by atoms with Crippen LogP contribution in [0.5, 0.6) is 0 Å². The van der Waals surface area contributed by atoms with E-state index in [4.69, 9.17) is 0 Å². The SMILES string of the molecule is CC[C@H](C)[C@H](Nc1nc2ccc([N+](=O)[O-])cc2[nH]1)C(=O)O. The van der Waals surface area contributed by atoms with Crippen molar-refractivity contribution in [3.63, 3.8) is 0 Å². The van der Waals surface area contributed by atoms with E-state index >= 15 is 0 Å². The number of carbonyl (C=O) groups is 1. The molecule has 112 valence electrons. The number of H-pyrrole nitrogens is 1. The Balaban J connectivity index is 2.30. The maximum atomic E-state index is 11.3. The lowest BCUT2D eigenvalue weighted by atomic mass is 10.00. The smallest absolute Gasteiger partial charge is 0.326 e. The maximum absolute atomic E-state index is 11.3. The van der Waals surface area contributed by atoms with Crippen LogP contribution in [0.15, 0.2) is 18.2 Å². The summed E-state index contributed by atoms with van der Waals surface area (Å²) >= 11 is 0. The lowest BCUT2D eigenvalue weighted by molar-refractivity contribution is -0.384. The summed E-state index contributed by atoms with van der Waals surface area (Å²) in [6.07, 6.45) is 0.704. The first-order valence-corrected chi connectivity index (χ1v) is 6.56. The molecule has 0 spiro atoms. The molecule has 21 heavy (non-hydrogen) atoms. The van der Waals surface area contributed by atoms with Crippen molar-refractivity contribution < 1.29 is 14.8 Å². The van der Waals surface area contributed by atoms with Gasteiger partial charge in [-0.25, -0.2) is 9.78 Å². The van der Waals surface area contributed by atoms with E-state index in [9.17, 15) is 20.0 Å². The summed E-state index contributed by atoms with van der Waals surface area (Å²) in [6.45, 7) is 3.74. The Bertz CT molecular complexity index is 682. The highest BCUT2D eigenvalue weighted by Gasteiger charge is 2.24. The normalized spacial score (nSPS) is 13.8. The first-order valence-electron chi connectivity index (χ1n) is 6.56. The predicted octanol–water partition coefficient (Wildman–Crippen LogP) is 2.38. The zero-order chi connectivity index (χ0) is 15.6. The number of benzene rings is 1. The Kier molecular flexibility index (Phi) is 4.06. The largest absolute Gasteiger partial charge is 0.480 e. The van der Waals surface area contributed by atoms with Crippen LogP contribution in [0, 0.1) is 16.0 Å². The van der Waals surface area contributed by atoms with Crippen molar-refractivity contribution in [1.29, 1.82) is 0 Å². The fraction of sp³-hybridized carbons (Fsp3) is 0.385. The van der Waals surface area contributed by atoms with Crippen LogP contribution in [0.1, 0.15) is 20.3 Å². The Morgan fingerprint density at radius 1 is 1.57 bits per heavy atom. The van der Waals surface area contributed by atoms with E-state index in [1.54, 1.807) is 0 Å². The number of anilines is 1. The van der Waals surface area contributed by atoms with Gasteiger partial charge in [0.15, 0.2) is 0 Å². The van der Waals surface area contributed by atoms with Crippen LogP contribution in [0.25, 0.3) is 11.0 Å². The first-order chi connectivity index (χ1) is 9.92. The molecule has 0 radical (unpaired) electrons.